The molecular formula is C24H20FN3O4. The number of benzene rings is 2. The van der Waals surface area contributed by atoms with Crippen molar-refractivity contribution >= 4 is 11.8 Å². The van der Waals surface area contributed by atoms with Crippen LogP contribution in [0.3, 0.4) is 0 Å². The highest BCUT2D eigenvalue weighted by atomic mass is 19.1. The molecule has 0 N–H and O–H groups in total. The lowest BCUT2D eigenvalue weighted by molar-refractivity contribution is 0.0513. The molecule has 0 aliphatic carbocycles. The predicted molar refractivity (Wildman–Crippen MR) is 112 cm³/mol. The molecule has 2 heterocycles. The lowest BCUT2D eigenvalue weighted by Crippen LogP contribution is -2.50. The van der Waals surface area contributed by atoms with Crippen LogP contribution in [0.4, 0.5) is 4.39 Å². The average molecular weight is 433 g/mol. The molecule has 162 valence electrons. The second kappa shape index (κ2) is 9.35. The summed E-state index contributed by atoms with van der Waals surface area (Å²) >= 11 is 0. The van der Waals surface area contributed by atoms with Crippen LogP contribution in [-0.4, -0.2) is 47.8 Å². The summed E-state index contributed by atoms with van der Waals surface area (Å²) in [7, 11) is 0. The second-order valence-electron chi connectivity index (χ2n) is 7.26. The highest BCUT2D eigenvalue weighted by Gasteiger charge is 2.28. The Labute approximate surface area is 184 Å². The van der Waals surface area contributed by atoms with Gasteiger partial charge in [-0.05, 0) is 48.5 Å². The van der Waals surface area contributed by atoms with Crippen LogP contribution < -0.4 is 4.74 Å². The fraction of sp³-hybridized carbons (Fsp3) is 0.208. The van der Waals surface area contributed by atoms with Gasteiger partial charge in [0.05, 0.1) is 17.2 Å². The Bertz CT molecular complexity index is 1160. The third-order valence-electron chi connectivity index (χ3n) is 5.20. The molecule has 1 aromatic heterocycles. The van der Waals surface area contributed by atoms with Gasteiger partial charge < -0.3 is 19.0 Å². The highest BCUT2D eigenvalue weighted by Crippen LogP contribution is 2.18. The zero-order valence-corrected chi connectivity index (χ0v) is 17.2. The quantitative estimate of drug-likeness (QED) is 0.615. The first-order chi connectivity index (χ1) is 15.5. The van der Waals surface area contributed by atoms with Crippen molar-refractivity contribution in [1.82, 2.24) is 9.80 Å². The molecule has 1 saturated heterocycles. The average Bonchev–Trinajstić information content (AvgIpc) is 3.32. The third-order valence-corrected chi connectivity index (χ3v) is 5.20. The van der Waals surface area contributed by atoms with Gasteiger partial charge in [-0.2, -0.15) is 5.26 Å². The van der Waals surface area contributed by atoms with Crippen LogP contribution in [0, 0.1) is 17.1 Å². The molecule has 1 fully saturated rings. The largest absolute Gasteiger partial charge is 0.486 e. The first kappa shape index (κ1) is 21.1. The minimum absolute atomic E-state index is 0.0326. The molecule has 8 heteroatoms. The van der Waals surface area contributed by atoms with Crippen molar-refractivity contribution in [2.75, 3.05) is 26.2 Å². The van der Waals surface area contributed by atoms with Crippen LogP contribution >= 0.6 is 0 Å². The predicted octanol–water partition coefficient (Wildman–Crippen LogP) is 3.47. The van der Waals surface area contributed by atoms with Gasteiger partial charge in [-0.25, -0.2) is 4.39 Å². The number of piperazine rings is 1. The van der Waals surface area contributed by atoms with E-state index in [1.54, 1.807) is 52.3 Å². The van der Waals surface area contributed by atoms with Crippen LogP contribution in [-0.2, 0) is 6.61 Å². The zero-order valence-electron chi connectivity index (χ0n) is 17.2. The number of rotatable bonds is 5. The standard InChI is InChI=1S/C24H20FN3O4/c25-21-4-2-1-3-20(21)23(29)27-11-13-28(14-12-27)24(30)22-10-9-19(32-22)16-31-18-7-5-17(15-26)6-8-18/h1-10H,11-14,16H2. The molecule has 0 unspecified atom stereocenters. The van der Waals surface area contributed by atoms with E-state index < -0.39 is 5.82 Å². The molecule has 7 nitrogen and oxygen atoms in total. The Balaban J connectivity index is 1.31. The number of halogens is 1. The molecule has 0 bridgehead atoms. The topological polar surface area (TPSA) is 86.8 Å². The van der Waals surface area contributed by atoms with E-state index in [-0.39, 0.29) is 29.7 Å². The summed E-state index contributed by atoms with van der Waals surface area (Å²) in [5, 5.41) is 8.83. The van der Waals surface area contributed by atoms with Crippen molar-refractivity contribution in [1.29, 1.82) is 5.26 Å². The normalized spacial score (nSPS) is 13.5. The van der Waals surface area contributed by atoms with Gasteiger partial charge in [0.15, 0.2) is 5.76 Å². The summed E-state index contributed by atoms with van der Waals surface area (Å²) < 4.78 is 25.1. The fourth-order valence-electron chi connectivity index (χ4n) is 3.42. The van der Waals surface area contributed by atoms with E-state index in [1.165, 1.54) is 18.2 Å². The Hall–Kier alpha value is -4.12. The van der Waals surface area contributed by atoms with E-state index in [4.69, 9.17) is 14.4 Å². The Kier molecular flexibility index (Phi) is 6.17. The molecule has 0 spiro atoms. The number of nitrogens with zero attached hydrogens (tertiary/aromatic N) is 3. The van der Waals surface area contributed by atoms with E-state index in [1.807, 2.05) is 6.07 Å². The Morgan fingerprint density at radius 2 is 1.59 bits per heavy atom. The second-order valence-corrected chi connectivity index (χ2v) is 7.26. The van der Waals surface area contributed by atoms with E-state index in [9.17, 15) is 14.0 Å². The van der Waals surface area contributed by atoms with Gasteiger partial charge in [-0.1, -0.05) is 12.1 Å². The minimum Gasteiger partial charge on any atom is -0.486 e. The summed E-state index contributed by atoms with van der Waals surface area (Å²) in [6.07, 6.45) is 0. The molecule has 0 saturated carbocycles. The van der Waals surface area contributed by atoms with Crippen LogP contribution in [0.1, 0.15) is 32.2 Å². The van der Waals surface area contributed by atoms with Crippen LogP contribution in [0.25, 0.3) is 0 Å². The monoisotopic (exact) mass is 433 g/mol. The number of hydrogen-bond donors (Lipinski definition) is 0. The van der Waals surface area contributed by atoms with Gasteiger partial charge in [0.25, 0.3) is 11.8 Å². The third kappa shape index (κ3) is 4.62. The van der Waals surface area contributed by atoms with Crippen molar-refractivity contribution in [3.05, 3.63) is 89.1 Å². The molecule has 0 radical (unpaired) electrons. The molecule has 1 aliphatic rings. The van der Waals surface area contributed by atoms with E-state index in [2.05, 4.69) is 0 Å². The van der Waals surface area contributed by atoms with Gasteiger partial charge >= 0.3 is 0 Å². The first-order valence-electron chi connectivity index (χ1n) is 10.1. The van der Waals surface area contributed by atoms with Gasteiger partial charge in [0.1, 0.15) is 23.9 Å². The number of nitriles is 1. The number of furan rings is 1. The van der Waals surface area contributed by atoms with E-state index in [0.717, 1.165) is 0 Å². The fourth-order valence-corrected chi connectivity index (χ4v) is 3.42. The van der Waals surface area contributed by atoms with Gasteiger partial charge in [0, 0.05) is 26.2 Å². The summed E-state index contributed by atoms with van der Waals surface area (Å²) in [6.45, 7) is 1.43. The molecule has 2 aromatic carbocycles. The zero-order chi connectivity index (χ0) is 22.5. The molecule has 2 amide bonds. The van der Waals surface area contributed by atoms with E-state index in [0.29, 0.717) is 43.3 Å². The van der Waals surface area contributed by atoms with Crippen molar-refractivity contribution < 1.29 is 23.1 Å². The first-order valence-corrected chi connectivity index (χ1v) is 10.1. The summed E-state index contributed by atoms with van der Waals surface area (Å²) in [5.74, 6) is 0.0673. The minimum atomic E-state index is -0.553. The number of hydrogen-bond acceptors (Lipinski definition) is 5. The SMILES string of the molecule is N#Cc1ccc(OCc2ccc(C(=O)N3CCN(C(=O)c4ccccc4F)CC3)o2)cc1. The van der Waals surface area contributed by atoms with Crippen molar-refractivity contribution in [3.63, 3.8) is 0 Å². The smallest absolute Gasteiger partial charge is 0.289 e. The lowest BCUT2D eigenvalue weighted by Gasteiger charge is -2.34. The van der Waals surface area contributed by atoms with Crippen molar-refractivity contribution in [3.8, 4) is 11.8 Å². The number of carbonyl (C=O) groups is 2. The molecule has 4 rings (SSSR count). The van der Waals surface area contributed by atoms with Gasteiger partial charge in [0.2, 0.25) is 0 Å². The van der Waals surface area contributed by atoms with E-state index >= 15 is 0 Å². The van der Waals surface area contributed by atoms with Crippen molar-refractivity contribution in [2.45, 2.75) is 6.61 Å². The lowest BCUT2D eigenvalue weighted by atomic mass is 10.1. The van der Waals surface area contributed by atoms with Gasteiger partial charge in [-0.15, -0.1) is 0 Å². The maximum absolute atomic E-state index is 13.9. The molecular weight excluding hydrogens is 413 g/mol. The Morgan fingerprint density at radius 1 is 0.938 bits per heavy atom. The number of amides is 2. The van der Waals surface area contributed by atoms with Crippen LogP contribution in [0.15, 0.2) is 65.1 Å². The molecule has 0 atom stereocenters. The van der Waals surface area contributed by atoms with Crippen LogP contribution in [0.2, 0.25) is 0 Å². The number of ether oxygens (including phenoxy) is 1. The van der Waals surface area contributed by atoms with Crippen molar-refractivity contribution in [2.24, 2.45) is 0 Å². The molecule has 1 aliphatic heterocycles. The van der Waals surface area contributed by atoms with Crippen LogP contribution in [0.5, 0.6) is 5.75 Å². The highest BCUT2D eigenvalue weighted by molar-refractivity contribution is 5.95. The maximum Gasteiger partial charge on any atom is 0.289 e. The van der Waals surface area contributed by atoms with Gasteiger partial charge in [-0.3, -0.25) is 9.59 Å². The summed E-state index contributed by atoms with van der Waals surface area (Å²) in [4.78, 5) is 28.4. The Morgan fingerprint density at radius 3 is 2.25 bits per heavy atom. The number of carbonyl (C=O) groups excluding carboxylic acids is 2. The molecule has 3 aromatic rings. The molecule has 32 heavy (non-hydrogen) atoms. The summed E-state index contributed by atoms with van der Waals surface area (Å²) in [6, 6.07) is 17.9. The maximum atomic E-state index is 13.9. The summed E-state index contributed by atoms with van der Waals surface area (Å²) in [5.41, 5.74) is 0.573.